The molecule has 2 aromatic heterocycles. The third-order valence-corrected chi connectivity index (χ3v) is 4.43. The molecule has 134 valence electrons. The molecule has 8 heteroatoms. The predicted molar refractivity (Wildman–Crippen MR) is 92.4 cm³/mol. The highest BCUT2D eigenvalue weighted by Crippen LogP contribution is 2.26. The summed E-state index contributed by atoms with van der Waals surface area (Å²) in [5.41, 5.74) is 3.71. The number of carbonyl (C=O) groups excluding carboxylic acids is 1. The van der Waals surface area contributed by atoms with Crippen LogP contribution in [0, 0.1) is 13.8 Å². The van der Waals surface area contributed by atoms with Crippen LogP contribution in [0.3, 0.4) is 0 Å². The van der Waals surface area contributed by atoms with Crippen molar-refractivity contribution in [3.8, 4) is 0 Å². The third kappa shape index (κ3) is 3.28. The Bertz CT molecular complexity index is 963. The normalized spacial score (nSPS) is 16.9. The summed E-state index contributed by atoms with van der Waals surface area (Å²) < 4.78 is 10.7. The monoisotopic (exact) mass is 353 g/mol. The highest BCUT2D eigenvalue weighted by molar-refractivity contribution is 5.97. The molecule has 0 spiro atoms. The summed E-state index contributed by atoms with van der Waals surface area (Å²) in [5, 5.41) is 6.69. The van der Waals surface area contributed by atoms with Crippen molar-refractivity contribution in [2.75, 3.05) is 6.61 Å². The van der Waals surface area contributed by atoms with E-state index in [1.165, 1.54) is 0 Å². The molecule has 0 radical (unpaired) electrons. The van der Waals surface area contributed by atoms with Gasteiger partial charge in [-0.2, -0.15) is 4.98 Å². The van der Waals surface area contributed by atoms with Gasteiger partial charge in [0, 0.05) is 12.2 Å². The third-order valence-electron chi connectivity index (χ3n) is 4.43. The van der Waals surface area contributed by atoms with E-state index in [1.54, 1.807) is 18.2 Å². The fraction of sp³-hybridized carbons (Fsp3) is 0.389. The maximum Gasteiger partial charge on any atom is 0.255 e. The minimum absolute atomic E-state index is 0.127. The van der Waals surface area contributed by atoms with Crippen LogP contribution in [0.4, 0.5) is 0 Å². The van der Waals surface area contributed by atoms with Crippen molar-refractivity contribution in [2.45, 2.75) is 39.3 Å². The second-order valence-electron chi connectivity index (χ2n) is 6.33. The zero-order chi connectivity index (χ0) is 18.1. The van der Waals surface area contributed by atoms with Gasteiger partial charge in [0.25, 0.3) is 11.8 Å². The zero-order valence-electron chi connectivity index (χ0n) is 14.7. The Hall–Kier alpha value is -2.87. The molecule has 1 aromatic carbocycles. The molecule has 3 aromatic rings. The van der Waals surface area contributed by atoms with Gasteiger partial charge in [-0.3, -0.25) is 4.79 Å². The number of amides is 1. The average Bonchev–Trinajstić information content (AvgIpc) is 3.31. The molecule has 1 aliphatic heterocycles. The van der Waals surface area contributed by atoms with Gasteiger partial charge in [0.15, 0.2) is 5.82 Å². The van der Waals surface area contributed by atoms with Crippen LogP contribution in [-0.4, -0.2) is 32.6 Å². The molecule has 0 aliphatic carbocycles. The Kier molecular flexibility index (Phi) is 4.34. The average molecular weight is 353 g/mol. The first-order chi connectivity index (χ1) is 12.6. The largest absolute Gasteiger partial charge is 0.368 e. The lowest BCUT2D eigenvalue weighted by Crippen LogP contribution is -2.23. The standard InChI is InChI=1S/C18H19N5O3/c1-10-11(2)21-14-8-12(5-6-13(14)20-10)17(24)19-9-16-22-18(26-23-16)15-4-3-7-25-15/h5-6,8,15H,3-4,7,9H2,1-2H3,(H,19,24). The number of nitrogens with zero attached hydrogens (tertiary/aromatic N) is 4. The van der Waals surface area contributed by atoms with Crippen molar-refractivity contribution in [1.29, 1.82) is 0 Å². The van der Waals surface area contributed by atoms with Crippen molar-refractivity contribution in [3.05, 3.63) is 46.9 Å². The molecule has 1 atom stereocenters. The van der Waals surface area contributed by atoms with E-state index in [9.17, 15) is 4.79 Å². The van der Waals surface area contributed by atoms with Crippen LogP contribution in [0.2, 0.25) is 0 Å². The second kappa shape index (κ2) is 6.80. The van der Waals surface area contributed by atoms with Crippen molar-refractivity contribution in [3.63, 3.8) is 0 Å². The number of hydrogen-bond donors (Lipinski definition) is 1. The first-order valence-electron chi connectivity index (χ1n) is 8.57. The van der Waals surface area contributed by atoms with Gasteiger partial charge in [0.1, 0.15) is 6.10 Å². The molecule has 8 nitrogen and oxygen atoms in total. The molecular weight excluding hydrogens is 334 g/mol. The van der Waals surface area contributed by atoms with Crippen LogP contribution in [0.15, 0.2) is 22.7 Å². The van der Waals surface area contributed by atoms with Crippen LogP contribution >= 0.6 is 0 Å². The Morgan fingerprint density at radius 2 is 2.00 bits per heavy atom. The van der Waals surface area contributed by atoms with Crippen LogP contribution in [0.1, 0.15) is 52.4 Å². The lowest BCUT2D eigenvalue weighted by Gasteiger charge is -2.06. The molecule has 3 heterocycles. The summed E-state index contributed by atoms with van der Waals surface area (Å²) in [6.45, 7) is 4.71. The van der Waals surface area contributed by atoms with Crippen molar-refractivity contribution in [2.24, 2.45) is 0 Å². The molecular formula is C18H19N5O3. The highest BCUT2D eigenvalue weighted by Gasteiger charge is 2.23. The van der Waals surface area contributed by atoms with Gasteiger partial charge in [-0.15, -0.1) is 0 Å². The molecule has 1 N–H and O–H groups in total. The lowest BCUT2D eigenvalue weighted by atomic mass is 10.1. The number of rotatable bonds is 4. The summed E-state index contributed by atoms with van der Waals surface area (Å²) in [7, 11) is 0. The smallest absolute Gasteiger partial charge is 0.255 e. The van der Waals surface area contributed by atoms with E-state index in [0.29, 0.717) is 29.4 Å². The first-order valence-corrected chi connectivity index (χ1v) is 8.57. The minimum atomic E-state index is -0.226. The summed E-state index contributed by atoms with van der Waals surface area (Å²) >= 11 is 0. The van der Waals surface area contributed by atoms with Gasteiger partial charge in [-0.1, -0.05) is 5.16 Å². The first kappa shape index (κ1) is 16.6. The van der Waals surface area contributed by atoms with Gasteiger partial charge < -0.3 is 14.6 Å². The molecule has 1 saturated heterocycles. The van der Waals surface area contributed by atoms with Gasteiger partial charge in [0.2, 0.25) is 0 Å². The Balaban J connectivity index is 1.44. The molecule has 4 rings (SSSR count). The molecule has 1 fully saturated rings. The van der Waals surface area contributed by atoms with Gasteiger partial charge >= 0.3 is 0 Å². The number of ether oxygens (including phenoxy) is 1. The Labute approximate surface area is 150 Å². The number of aryl methyl sites for hydroxylation is 2. The summed E-state index contributed by atoms with van der Waals surface area (Å²) in [6.07, 6.45) is 1.74. The van der Waals surface area contributed by atoms with Crippen LogP contribution < -0.4 is 5.32 Å². The summed E-state index contributed by atoms with van der Waals surface area (Å²) in [5.74, 6) is 0.671. The van der Waals surface area contributed by atoms with Crippen LogP contribution in [-0.2, 0) is 11.3 Å². The minimum Gasteiger partial charge on any atom is -0.368 e. The lowest BCUT2D eigenvalue weighted by molar-refractivity contribution is 0.0835. The topological polar surface area (TPSA) is 103 Å². The van der Waals surface area contributed by atoms with E-state index in [0.717, 1.165) is 29.7 Å². The molecule has 26 heavy (non-hydrogen) atoms. The molecule has 1 amide bonds. The second-order valence-corrected chi connectivity index (χ2v) is 6.33. The van der Waals surface area contributed by atoms with Crippen molar-refractivity contribution < 1.29 is 14.1 Å². The van der Waals surface area contributed by atoms with Crippen molar-refractivity contribution >= 4 is 16.9 Å². The SMILES string of the molecule is Cc1nc2ccc(C(=O)NCc3noc(C4CCCO4)n3)cc2nc1C. The number of fused-ring (bicyclic) bond motifs is 1. The molecule has 0 bridgehead atoms. The quantitative estimate of drug-likeness (QED) is 0.768. The maximum absolute atomic E-state index is 12.4. The maximum atomic E-state index is 12.4. The highest BCUT2D eigenvalue weighted by atomic mass is 16.5. The van der Waals surface area contributed by atoms with E-state index in [1.807, 2.05) is 13.8 Å². The van der Waals surface area contributed by atoms with E-state index in [-0.39, 0.29) is 18.6 Å². The summed E-state index contributed by atoms with van der Waals surface area (Å²) in [6, 6.07) is 5.26. The number of aromatic nitrogens is 4. The molecule has 1 unspecified atom stereocenters. The van der Waals surface area contributed by atoms with E-state index >= 15 is 0 Å². The van der Waals surface area contributed by atoms with Gasteiger partial charge in [0.05, 0.1) is 29.0 Å². The zero-order valence-corrected chi connectivity index (χ0v) is 14.7. The van der Waals surface area contributed by atoms with Gasteiger partial charge in [-0.25, -0.2) is 9.97 Å². The Morgan fingerprint density at radius 1 is 1.19 bits per heavy atom. The predicted octanol–water partition coefficient (Wildman–Crippen LogP) is 2.41. The Morgan fingerprint density at radius 3 is 2.77 bits per heavy atom. The van der Waals surface area contributed by atoms with E-state index < -0.39 is 0 Å². The van der Waals surface area contributed by atoms with Gasteiger partial charge in [-0.05, 0) is 44.9 Å². The van der Waals surface area contributed by atoms with Crippen molar-refractivity contribution in [1.82, 2.24) is 25.4 Å². The fourth-order valence-corrected chi connectivity index (χ4v) is 2.88. The van der Waals surface area contributed by atoms with E-state index in [2.05, 4.69) is 25.4 Å². The molecule has 1 aliphatic rings. The van der Waals surface area contributed by atoms with Crippen LogP contribution in [0.5, 0.6) is 0 Å². The van der Waals surface area contributed by atoms with E-state index in [4.69, 9.17) is 9.26 Å². The molecule has 0 saturated carbocycles. The number of hydrogen-bond acceptors (Lipinski definition) is 7. The summed E-state index contributed by atoms with van der Waals surface area (Å²) in [4.78, 5) is 25.7. The number of nitrogens with one attached hydrogen (secondary N) is 1. The number of benzene rings is 1. The number of carbonyl (C=O) groups is 1. The van der Waals surface area contributed by atoms with Crippen LogP contribution in [0.25, 0.3) is 11.0 Å². The fourth-order valence-electron chi connectivity index (χ4n) is 2.88.